The minimum absolute atomic E-state index is 0.141. The van der Waals surface area contributed by atoms with Crippen molar-refractivity contribution in [3.05, 3.63) is 24.0 Å². The Labute approximate surface area is 140 Å². The predicted octanol–water partition coefficient (Wildman–Crippen LogP) is 2.57. The summed E-state index contributed by atoms with van der Waals surface area (Å²) in [6.45, 7) is 5.70. The maximum absolute atomic E-state index is 12.6. The Bertz CT molecular complexity index is 794. The van der Waals surface area contributed by atoms with E-state index in [1.54, 1.807) is 10.7 Å². The summed E-state index contributed by atoms with van der Waals surface area (Å²) < 4.78 is 7.22. The molecule has 2 aromatic rings. The van der Waals surface area contributed by atoms with E-state index in [0.717, 1.165) is 30.6 Å². The van der Waals surface area contributed by atoms with Crippen LogP contribution in [0.1, 0.15) is 51.6 Å². The van der Waals surface area contributed by atoms with E-state index in [1.165, 1.54) is 0 Å². The third-order valence-electron chi connectivity index (χ3n) is 4.93. The first kappa shape index (κ1) is 15.2. The van der Waals surface area contributed by atoms with Crippen molar-refractivity contribution in [2.24, 2.45) is 0 Å². The van der Waals surface area contributed by atoms with Crippen molar-refractivity contribution in [1.82, 2.24) is 19.5 Å². The minimum Gasteiger partial charge on any atom is -0.444 e. The third kappa shape index (κ3) is 2.39. The number of ether oxygens (including phenoxy) is 1. The first-order chi connectivity index (χ1) is 11.3. The molecule has 24 heavy (non-hydrogen) atoms. The van der Waals surface area contributed by atoms with Gasteiger partial charge < -0.3 is 15.4 Å². The maximum Gasteiger partial charge on any atom is 0.410 e. The lowest BCUT2D eigenvalue weighted by molar-refractivity contribution is 0.0212. The van der Waals surface area contributed by atoms with Crippen LogP contribution >= 0.6 is 0 Å². The van der Waals surface area contributed by atoms with Crippen molar-refractivity contribution in [2.75, 3.05) is 5.73 Å². The molecule has 0 spiro atoms. The van der Waals surface area contributed by atoms with Gasteiger partial charge in [0.2, 0.25) is 0 Å². The van der Waals surface area contributed by atoms with Crippen molar-refractivity contribution in [1.29, 1.82) is 0 Å². The number of anilines is 1. The van der Waals surface area contributed by atoms with Gasteiger partial charge in [0.15, 0.2) is 5.65 Å². The van der Waals surface area contributed by atoms with Gasteiger partial charge in [-0.25, -0.2) is 9.78 Å². The van der Waals surface area contributed by atoms with E-state index < -0.39 is 5.60 Å². The molecule has 2 N–H and O–H groups in total. The Morgan fingerprint density at radius 3 is 2.92 bits per heavy atom. The van der Waals surface area contributed by atoms with Crippen LogP contribution in [0.3, 0.4) is 0 Å². The Balaban J connectivity index is 1.62. The summed E-state index contributed by atoms with van der Waals surface area (Å²) in [5, 5.41) is 4.16. The van der Waals surface area contributed by atoms with Gasteiger partial charge in [-0.2, -0.15) is 9.61 Å². The van der Waals surface area contributed by atoms with Crippen molar-refractivity contribution in [2.45, 2.75) is 63.6 Å². The Morgan fingerprint density at radius 2 is 2.17 bits per heavy atom. The first-order valence-corrected chi connectivity index (χ1v) is 8.45. The van der Waals surface area contributed by atoms with Crippen molar-refractivity contribution < 1.29 is 9.53 Å². The zero-order chi connectivity index (χ0) is 17.1. The highest BCUT2D eigenvalue weighted by atomic mass is 16.6. The zero-order valence-corrected chi connectivity index (χ0v) is 14.3. The lowest BCUT2D eigenvalue weighted by atomic mass is 9.86. The number of aromatic nitrogens is 3. The molecular formula is C17H23N5O2. The fourth-order valence-electron chi connectivity index (χ4n) is 4.05. The van der Waals surface area contributed by atoms with Crippen LogP contribution < -0.4 is 5.73 Å². The Morgan fingerprint density at radius 1 is 1.38 bits per heavy atom. The standard InChI is InChI=1S/C17H23N5O2/c1-17(2,3)24-16(23)21-10-4-5-13(21)11(8-10)12-9-14(18)22-15(20-12)6-7-19-22/h6-7,9-11,13H,4-5,8,18H2,1-3H3. The summed E-state index contributed by atoms with van der Waals surface area (Å²) in [4.78, 5) is 19.2. The molecule has 2 aliphatic rings. The first-order valence-electron chi connectivity index (χ1n) is 8.45. The van der Waals surface area contributed by atoms with Crippen LogP contribution in [0, 0.1) is 0 Å². The van der Waals surface area contributed by atoms with Gasteiger partial charge in [0.25, 0.3) is 0 Å². The number of rotatable bonds is 1. The van der Waals surface area contributed by atoms with Gasteiger partial charge in [-0.1, -0.05) is 0 Å². The molecule has 0 aromatic carbocycles. The molecule has 2 fully saturated rings. The quantitative estimate of drug-likeness (QED) is 0.869. The van der Waals surface area contributed by atoms with E-state index in [2.05, 4.69) is 5.10 Å². The highest BCUT2D eigenvalue weighted by Gasteiger charge is 2.50. The van der Waals surface area contributed by atoms with Gasteiger partial charge in [0.05, 0.1) is 11.9 Å². The molecule has 0 saturated carbocycles. The van der Waals surface area contributed by atoms with E-state index in [9.17, 15) is 4.79 Å². The van der Waals surface area contributed by atoms with Gasteiger partial charge in [0, 0.05) is 30.1 Å². The molecule has 128 valence electrons. The SMILES string of the molecule is CC(C)(C)OC(=O)N1C2CCC1C(c1cc(N)n3nccc3n1)C2. The summed E-state index contributed by atoms with van der Waals surface area (Å²) in [7, 11) is 0. The third-order valence-corrected chi connectivity index (χ3v) is 4.93. The molecule has 0 radical (unpaired) electrons. The molecule has 1 amide bonds. The molecule has 3 unspecified atom stereocenters. The molecule has 2 bridgehead atoms. The lowest BCUT2D eigenvalue weighted by Gasteiger charge is -2.28. The zero-order valence-electron chi connectivity index (χ0n) is 14.3. The normalized spacial score (nSPS) is 26.3. The second-order valence-corrected chi connectivity index (χ2v) is 7.74. The molecule has 2 aliphatic heterocycles. The van der Waals surface area contributed by atoms with Crippen LogP contribution in [-0.4, -0.2) is 43.3 Å². The van der Waals surface area contributed by atoms with Gasteiger partial charge in [-0.05, 0) is 40.0 Å². The molecule has 4 heterocycles. The summed E-state index contributed by atoms with van der Waals surface area (Å²) in [6, 6.07) is 4.11. The highest BCUT2D eigenvalue weighted by Crippen LogP contribution is 2.47. The Hall–Kier alpha value is -2.31. The van der Waals surface area contributed by atoms with E-state index in [4.69, 9.17) is 15.5 Å². The topological polar surface area (TPSA) is 85.8 Å². The van der Waals surface area contributed by atoms with Crippen molar-refractivity contribution in [3.8, 4) is 0 Å². The Kier molecular flexibility index (Phi) is 3.23. The van der Waals surface area contributed by atoms with Crippen molar-refractivity contribution in [3.63, 3.8) is 0 Å². The smallest absolute Gasteiger partial charge is 0.410 e. The lowest BCUT2D eigenvalue weighted by Crippen LogP contribution is -2.40. The van der Waals surface area contributed by atoms with E-state index in [0.29, 0.717) is 5.82 Å². The monoisotopic (exact) mass is 329 g/mol. The number of nitrogens with zero attached hydrogens (tertiary/aromatic N) is 4. The summed E-state index contributed by atoms with van der Waals surface area (Å²) in [5.41, 5.74) is 7.31. The fourth-order valence-corrected chi connectivity index (χ4v) is 4.05. The number of nitrogens with two attached hydrogens (primary N) is 1. The van der Waals surface area contributed by atoms with Crippen molar-refractivity contribution >= 4 is 17.6 Å². The van der Waals surface area contributed by atoms with E-state index in [1.807, 2.05) is 37.8 Å². The van der Waals surface area contributed by atoms with E-state index >= 15 is 0 Å². The van der Waals surface area contributed by atoms with Gasteiger partial charge >= 0.3 is 6.09 Å². The molecule has 2 saturated heterocycles. The molecule has 3 atom stereocenters. The van der Waals surface area contributed by atoms with Crippen LogP contribution in [0.5, 0.6) is 0 Å². The predicted molar refractivity (Wildman–Crippen MR) is 89.6 cm³/mol. The van der Waals surface area contributed by atoms with Gasteiger partial charge in [-0.15, -0.1) is 0 Å². The van der Waals surface area contributed by atoms with Crippen LogP contribution in [0.4, 0.5) is 10.6 Å². The largest absolute Gasteiger partial charge is 0.444 e. The number of amides is 1. The average molecular weight is 329 g/mol. The van der Waals surface area contributed by atoms with Crippen LogP contribution in [0.15, 0.2) is 18.3 Å². The van der Waals surface area contributed by atoms with Gasteiger partial charge in [0.1, 0.15) is 11.4 Å². The van der Waals surface area contributed by atoms with Gasteiger partial charge in [-0.3, -0.25) is 0 Å². The number of hydrogen-bond donors (Lipinski definition) is 1. The minimum atomic E-state index is -0.478. The second kappa shape index (κ2) is 5.09. The maximum atomic E-state index is 12.6. The number of carbonyl (C=O) groups excluding carboxylic acids is 1. The number of carbonyl (C=O) groups is 1. The molecular weight excluding hydrogens is 306 g/mol. The summed E-state index contributed by atoms with van der Waals surface area (Å²) >= 11 is 0. The fraction of sp³-hybridized carbons (Fsp3) is 0.588. The number of hydrogen-bond acceptors (Lipinski definition) is 5. The molecule has 7 heteroatoms. The summed E-state index contributed by atoms with van der Waals surface area (Å²) in [6.07, 6.45) is 4.42. The average Bonchev–Trinajstić information content (AvgIpc) is 3.18. The van der Waals surface area contributed by atoms with Crippen LogP contribution in [0.25, 0.3) is 5.65 Å². The second-order valence-electron chi connectivity index (χ2n) is 7.74. The molecule has 7 nitrogen and oxygen atoms in total. The van der Waals surface area contributed by atoms with E-state index in [-0.39, 0.29) is 24.1 Å². The molecule has 0 aliphatic carbocycles. The number of fused-ring (bicyclic) bond motifs is 3. The highest BCUT2D eigenvalue weighted by molar-refractivity contribution is 5.70. The molecule has 4 rings (SSSR count). The molecule has 2 aromatic heterocycles. The van der Waals surface area contributed by atoms with Crippen LogP contribution in [-0.2, 0) is 4.74 Å². The van der Waals surface area contributed by atoms with Crippen LogP contribution in [0.2, 0.25) is 0 Å². The number of nitrogen functional groups attached to an aromatic ring is 1. The summed E-state index contributed by atoms with van der Waals surface area (Å²) in [5.74, 6) is 0.782.